The average molecular weight is 384 g/mol. The first kappa shape index (κ1) is 18.7. The number of amides is 1. The predicted molar refractivity (Wildman–Crippen MR) is 105 cm³/mol. The minimum atomic E-state index is -0.342. The molecular formula is C20H28N6O2. The molecule has 4 rings (SSSR count). The highest BCUT2D eigenvalue weighted by Crippen LogP contribution is 2.33. The van der Waals surface area contributed by atoms with Crippen LogP contribution in [0.1, 0.15) is 44.0 Å². The number of hydrogen-bond acceptors (Lipinski definition) is 6. The van der Waals surface area contributed by atoms with E-state index in [1.807, 2.05) is 19.2 Å². The third kappa shape index (κ3) is 4.61. The lowest BCUT2D eigenvalue weighted by Crippen LogP contribution is -2.48. The Balaban J connectivity index is 1.50. The summed E-state index contributed by atoms with van der Waals surface area (Å²) in [6.07, 6.45) is 8.57. The van der Waals surface area contributed by atoms with E-state index in [1.165, 1.54) is 12.8 Å². The van der Waals surface area contributed by atoms with Crippen LogP contribution in [0, 0.1) is 5.92 Å². The van der Waals surface area contributed by atoms with E-state index in [2.05, 4.69) is 36.0 Å². The molecule has 28 heavy (non-hydrogen) atoms. The van der Waals surface area contributed by atoms with Gasteiger partial charge in [-0.15, -0.1) is 10.2 Å². The number of pyridine rings is 1. The number of anilines is 1. The minimum Gasteiger partial charge on any atom is -0.450 e. The molecule has 3 heterocycles. The largest absolute Gasteiger partial charge is 0.450 e. The molecule has 1 atom stereocenters. The highest BCUT2D eigenvalue weighted by Gasteiger charge is 2.29. The lowest BCUT2D eigenvalue weighted by Gasteiger charge is -2.33. The normalized spacial score (nSPS) is 19.5. The van der Waals surface area contributed by atoms with Gasteiger partial charge >= 0.3 is 6.09 Å². The molecule has 0 spiro atoms. The molecule has 2 fully saturated rings. The van der Waals surface area contributed by atoms with Crippen LogP contribution in [0.25, 0.3) is 0 Å². The maximum atomic E-state index is 11.8. The van der Waals surface area contributed by atoms with Gasteiger partial charge in [-0.1, -0.05) is 6.07 Å². The second kappa shape index (κ2) is 8.58. The van der Waals surface area contributed by atoms with Gasteiger partial charge in [0.1, 0.15) is 5.82 Å². The van der Waals surface area contributed by atoms with Crippen LogP contribution in [0.3, 0.4) is 0 Å². The molecule has 0 aromatic carbocycles. The van der Waals surface area contributed by atoms with Gasteiger partial charge in [-0.3, -0.25) is 9.55 Å². The second-order valence-electron chi connectivity index (χ2n) is 7.66. The Bertz CT molecular complexity index is 789. The van der Waals surface area contributed by atoms with Gasteiger partial charge in [-0.05, 0) is 50.2 Å². The Morgan fingerprint density at radius 2 is 2.21 bits per heavy atom. The number of alkyl carbamates (subject to hydrolysis) is 1. The molecular weight excluding hydrogens is 356 g/mol. The number of rotatable bonds is 7. The highest BCUT2D eigenvalue weighted by atomic mass is 16.5. The lowest BCUT2D eigenvalue weighted by molar-refractivity contribution is 0.146. The quantitative estimate of drug-likeness (QED) is 0.789. The van der Waals surface area contributed by atoms with E-state index in [1.54, 1.807) is 6.20 Å². The molecule has 8 nitrogen and oxygen atoms in total. The molecule has 1 amide bonds. The highest BCUT2D eigenvalue weighted by molar-refractivity contribution is 5.67. The van der Waals surface area contributed by atoms with Crippen molar-refractivity contribution in [2.45, 2.75) is 51.6 Å². The van der Waals surface area contributed by atoms with E-state index in [0.29, 0.717) is 6.61 Å². The van der Waals surface area contributed by atoms with E-state index >= 15 is 0 Å². The fraction of sp³-hybridized carbons (Fsp3) is 0.600. The van der Waals surface area contributed by atoms with Gasteiger partial charge in [0.05, 0.1) is 6.61 Å². The van der Waals surface area contributed by atoms with Crippen LogP contribution in [0.4, 0.5) is 10.7 Å². The van der Waals surface area contributed by atoms with Gasteiger partial charge in [0.15, 0.2) is 0 Å². The Kier molecular flexibility index (Phi) is 5.73. The van der Waals surface area contributed by atoms with Crippen LogP contribution in [-0.4, -0.2) is 51.6 Å². The first-order chi connectivity index (χ1) is 13.7. The molecule has 1 saturated carbocycles. The summed E-state index contributed by atoms with van der Waals surface area (Å²) in [5, 5.41) is 12.0. The third-order valence-corrected chi connectivity index (χ3v) is 5.33. The molecule has 1 aliphatic carbocycles. The molecule has 8 heteroatoms. The van der Waals surface area contributed by atoms with Gasteiger partial charge in [0, 0.05) is 44.5 Å². The second-order valence-corrected chi connectivity index (χ2v) is 7.66. The van der Waals surface area contributed by atoms with Crippen molar-refractivity contribution in [3.63, 3.8) is 0 Å². The summed E-state index contributed by atoms with van der Waals surface area (Å²) < 4.78 is 7.31. The minimum absolute atomic E-state index is 0.0700. The standard InChI is InChI=1S/C20H28N6O2/c1-2-28-20(27)22-17-6-4-10-25(14-17)19-24-23-18(26(19)13-15-7-8-15)11-16-5-3-9-21-12-16/h3,5,9,12,15,17H,2,4,6-8,10-11,13-14H2,1H3,(H,22,27). The van der Waals surface area contributed by atoms with Crippen molar-refractivity contribution in [1.82, 2.24) is 25.1 Å². The first-order valence-electron chi connectivity index (χ1n) is 10.2. The van der Waals surface area contributed by atoms with Gasteiger partial charge in [-0.25, -0.2) is 4.79 Å². The topological polar surface area (TPSA) is 85.2 Å². The van der Waals surface area contributed by atoms with Crippen LogP contribution in [0.5, 0.6) is 0 Å². The zero-order chi connectivity index (χ0) is 19.3. The molecule has 1 saturated heterocycles. The fourth-order valence-corrected chi connectivity index (χ4v) is 3.74. The SMILES string of the molecule is CCOC(=O)NC1CCCN(c2nnc(Cc3cccnc3)n2CC2CC2)C1. The third-order valence-electron chi connectivity index (χ3n) is 5.33. The molecule has 1 unspecified atom stereocenters. The number of hydrogen-bond donors (Lipinski definition) is 1. The Morgan fingerprint density at radius 1 is 1.32 bits per heavy atom. The molecule has 0 radical (unpaired) electrons. The first-order valence-corrected chi connectivity index (χ1v) is 10.2. The lowest BCUT2D eigenvalue weighted by atomic mass is 10.1. The maximum absolute atomic E-state index is 11.8. The number of nitrogens with one attached hydrogen (secondary N) is 1. The zero-order valence-corrected chi connectivity index (χ0v) is 16.4. The van der Waals surface area contributed by atoms with Crippen molar-refractivity contribution in [3.05, 3.63) is 35.9 Å². The molecule has 1 N–H and O–H groups in total. The molecule has 150 valence electrons. The number of ether oxygens (including phenoxy) is 1. The van der Waals surface area contributed by atoms with Crippen LogP contribution in [0.15, 0.2) is 24.5 Å². The van der Waals surface area contributed by atoms with E-state index in [-0.39, 0.29) is 12.1 Å². The van der Waals surface area contributed by atoms with Gasteiger partial charge in [0.2, 0.25) is 5.95 Å². The fourth-order valence-electron chi connectivity index (χ4n) is 3.74. The van der Waals surface area contributed by atoms with Crippen LogP contribution in [-0.2, 0) is 17.7 Å². The van der Waals surface area contributed by atoms with Crippen molar-refractivity contribution in [2.24, 2.45) is 5.92 Å². The maximum Gasteiger partial charge on any atom is 0.407 e. The summed E-state index contributed by atoms with van der Waals surface area (Å²) in [7, 11) is 0. The van der Waals surface area contributed by atoms with E-state index in [4.69, 9.17) is 4.74 Å². The van der Waals surface area contributed by atoms with E-state index in [0.717, 1.165) is 62.2 Å². The summed E-state index contributed by atoms with van der Waals surface area (Å²) in [5.74, 6) is 2.62. The van der Waals surface area contributed by atoms with Crippen LogP contribution in [0.2, 0.25) is 0 Å². The summed E-state index contributed by atoms with van der Waals surface area (Å²) >= 11 is 0. The molecule has 2 aliphatic rings. The smallest absolute Gasteiger partial charge is 0.407 e. The number of piperidine rings is 1. The summed E-state index contributed by atoms with van der Waals surface area (Å²) in [5.41, 5.74) is 1.14. The molecule has 0 bridgehead atoms. The zero-order valence-electron chi connectivity index (χ0n) is 16.4. The molecule has 2 aromatic rings. The number of nitrogens with zero attached hydrogens (tertiary/aromatic N) is 5. The molecule has 1 aliphatic heterocycles. The van der Waals surface area contributed by atoms with Crippen LogP contribution >= 0.6 is 0 Å². The Labute approximate surface area is 165 Å². The van der Waals surface area contributed by atoms with Gasteiger partial charge < -0.3 is 15.0 Å². The van der Waals surface area contributed by atoms with Crippen molar-refractivity contribution in [1.29, 1.82) is 0 Å². The monoisotopic (exact) mass is 384 g/mol. The van der Waals surface area contributed by atoms with Gasteiger partial charge in [0.25, 0.3) is 0 Å². The van der Waals surface area contributed by atoms with E-state index in [9.17, 15) is 4.79 Å². The average Bonchev–Trinajstić information content (AvgIpc) is 3.44. The Hall–Kier alpha value is -2.64. The van der Waals surface area contributed by atoms with E-state index < -0.39 is 0 Å². The van der Waals surface area contributed by atoms with Gasteiger partial charge in [-0.2, -0.15) is 0 Å². The summed E-state index contributed by atoms with van der Waals surface area (Å²) in [6.45, 7) is 4.82. The van der Waals surface area contributed by atoms with Crippen molar-refractivity contribution in [3.8, 4) is 0 Å². The predicted octanol–water partition coefficient (Wildman–Crippen LogP) is 2.39. The van der Waals surface area contributed by atoms with Crippen molar-refractivity contribution < 1.29 is 9.53 Å². The molecule has 2 aromatic heterocycles. The Morgan fingerprint density at radius 3 is 2.96 bits per heavy atom. The van der Waals surface area contributed by atoms with Crippen LogP contribution < -0.4 is 10.2 Å². The van der Waals surface area contributed by atoms with Crippen molar-refractivity contribution >= 4 is 12.0 Å². The van der Waals surface area contributed by atoms with Crippen molar-refractivity contribution in [2.75, 3.05) is 24.6 Å². The number of carbonyl (C=O) groups excluding carboxylic acids is 1. The summed E-state index contributed by atoms with van der Waals surface area (Å²) in [6, 6.07) is 4.09. The summed E-state index contributed by atoms with van der Waals surface area (Å²) in [4.78, 5) is 18.3. The number of carbonyl (C=O) groups is 1. The number of aromatic nitrogens is 4.